The lowest BCUT2D eigenvalue weighted by Crippen LogP contribution is -2.05. The summed E-state index contributed by atoms with van der Waals surface area (Å²) in [4.78, 5) is 13.9. The maximum atomic E-state index is 6.18. The highest BCUT2D eigenvalue weighted by atomic mass is 79.9. The van der Waals surface area contributed by atoms with E-state index in [0.717, 1.165) is 37.3 Å². The second kappa shape index (κ2) is 7.97. The molecular formula is C24H16BrN3OS. The highest BCUT2D eigenvalue weighted by Gasteiger charge is 2.13. The van der Waals surface area contributed by atoms with Gasteiger partial charge in [-0.1, -0.05) is 51.8 Å². The molecule has 4 nitrogen and oxygen atoms in total. The molecule has 6 heteroatoms. The van der Waals surface area contributed by atoms with Gasteiger partial charge in [0.2, 0.25) is 5.55 Å². The van der Waals surface area contributed by atoms with E-state index in [1.165, 1.54) is 5.56 Å². The molecule has 5 rings (SSSR count). The third kappa shape index (κ3) is 3.84. The topological polar surface area (TPSA) is 51.3 Å². The highest BCUT2D eigenvalue weighted by molar-refractivity contribution is 9.10. The van der Waals surface area contributed by atoms with Crippen LogP contribution in [-0.2, 0) is 0 Å². The van der Waals surface area contributed by atoms with Crippen LogP contribution in [0.1, 0.15) is 5.56 Å². The van der Waals surface area contributed by atoms with Gasteiger partial charge in [0, 0.05) is 27.0 Å². The highest BCUT2D eigenvalue weighted by Crippen LogP contribution is 2.30. The Morgan fingerprint density at radius 1 is 1.00 bits per heavy atom. The zero-order chi connectivity index (χ0) is 20.5. The Hall–Kier alpha value is -3.09. The molecule has 0 N–H and O–H groups in total. The van der Waals surface area contributed by atoms with E-state index in [2.05, 4.69) is 68.5 Å². The first-order chi connectivity index (χ1) is 14.7. The van der Waals surface area contributed by atoms with E-state index in [0.29, 0.717) is 11.4 Å². The molecule has 30 heavy (non-hydrogen) atoms. The van der Waals surface area contributed by atoms with Gasteiger partial charge in [0.05, 0.1) is 11.3 Å². The molecule has 0 aliphatic heterocycles. The first-order valence-electron chi connectivity index (χ1n) is 9.38. The van der Waals surface area contributed by atoms with Gasteiger partial charge in [-0.25, -0.2) is 9.97 Å². The molecule has 3 aromatic heterocycles. The van der Waals surface area contributed by atoms with Crippen LogP contribution in [0.4, 0.5) is 5.82 Å². The summed E-state index contributed by atoms with van der Waals surface area (Å²) in [6.07, 6.45) is 1.72. The van der Waals surface area contributed by atoms with Crippen molar-refractivity contribution in [2.75, 3.05) is 0 Å². The fourth-order valence-electron chi connectivity index (χ4n) is 3.12. The van der Waals surface area contributed by atoms with Crippen molar-refractivity contribution < 1.29 is 4.42 Å². The van der Waals surface area contributed by atoms with E-state index in [1.807, 2.05) is 36.4 Å². The van der Waals surface area contributed by atoms with Crippen molar-refractivity contribution in [1.29, 1.82) is 0 Å². The summed E-state index contributed by atoms with van der Waals surface area (Å²) in [5.74, 6) is 0.592. The molecule has 0 spiro atoms. The van der Waals surface area contributed by atoms with Crippen molar-refractivity contribution in [3.05, 3.63) is 93.9 Å². The van der Waals surface area contributed by atoms with Crippen molar-refractivity contribution in [3.8, 4) is 21.8 Å². The second-order valence-corrected chi connectivity index (χ2v) is 8.62. The van der Waals surface area contributed by atoms with Gasteiger partial charge in [0.15, 0.2) is 5.82 Å². The Bertz CT molecular complexity index is 1410. The van der Waals surface area contributed by atoms with E-state index >= 15 is 0 Å². The van der Waals surface area contributed by atoms with E-state index in [1.54, 1.807) is 17.5 Å². The van der Waals surface area contributed by atoms with Crippen LogP contribution >= 0.6 is 27.3 Å². The van der Waals surface area contributed by atoms with Crippen molar-refractivity contribution >= 4 is 44.1 Å². The number of thiazole rings is 1. The number of aromatic nitrogens is 2. The average Bonchev–Trinajstić information content (AvgIpc) is 3.25. The summed E-state index contributed by atoms with van der Waals surface area (Å²) >= 11 is 5.11. The number of hydrogen-bond donors (Lipinski definition) is 0. The lowest BCUT2D eigenvalue weighted by atomic mass is 10.1. The SMILES string of the molecule is Cc1ccc(-c2csc(-c3cc4cc(Br)ccc4o/c3=N\c3ccccn3)n2)cc1. The number of pyridine rings is 1. The van der Waals surface area contributed by atoms with E-state index in [9.17, 15) is 0 Å². The molecule has 3 heterocycles. The molecule has 0 amide bonds. The van der Waals surface area contributed by atoms with Crippen LogP contribution in [0.2, 0.25) is 0 Å². The summed E-state index contributed by atoms with van der Waals surface area (Å²) in [6, 6.07) is 22.0. The lowest BCUT2D eigenvalue weighted by Gasteiger charge is -2.03. The maximum absolute atomic E-state index is 6.18. The van der Waals surface area contributed by atoms with Crippen LogP contribution in [0.5, 0.6) is 0 Å². The van der Waals surface area contributed by atoms with Crippen LogP contribution in [-0.4, -0.2) is 9.97 Å². The zero-order valence-corrected chi connectivity index (χ0v) is 18.4. The quantitative estimate of drug-likeness (QED) is 0.285. The largest absolute Gasteiger partial charge is 0.438 e. The maximum Gasteiger partial charge on any atom is 0.231 e. The Balaban J connectivity index is 1.70. The number of halogens is 1. The predicted molar refractivity (Wildman–Crippen MR) is 125 cm³/mol. The van der Waals surface area contributed by atoms with Crippen molar-refractivity contribution in [2.45, 2.75) is 6.92 Å². The van der Waals surface area contributed by atoms with Crippen LogP contribution in [0.3, 0.4) is 0 Å². The molecule has 0 aliphatic carbocycles. The van der Waals surface area contributed by atoms with Gasteiger partial charge in [-0.15, -0.1) is 11.3 Å². The summed E-state index contributed by atoms with van der Waals surface area (Å²) in [5, 5.41) is 3.90. The summed E-state index contributed by atoms with van der Waals surface area (Å²) in [7, 11) is 0. The minimum Gasteiger partial charge on any atom is -0.438 e. The molecule has 0 atom stereocenters. The van der Waals surface area contributed by atoms with Crippen LogP contribution < -0.4 is 5.55 Å². The first kappa shape index (κ1) is 18.9. The Morgan fingerprint density at radius 3 is 2.67 bits per heavy atom. The Kier molecular flexibility index (Phi) is 5.02. The number of rotatable bonds is 3. The van der Waals surface area contributed by atoms with Crippen molar-refractivity contribution in [1.82, 2.24) is 9.97 Å². The third-order valence-electron chi connectivity index (χ3n) is 4.66. The van der Waals surface area contributed by atoms with E-state index in [-0.39, 0.29) is 0 Å². The zero-order valence-electron chi connectivity index (χ0n) is 16.0. The van der Waals surface area contributed by atoms with Crippen LogP contribution in [0.15, 0.2) is 92.2 Å². The molecule has 0 aliphatic rings. The predicted octanol–water partition coefficient (Wildman–Crippen LogP) is 6.92. The Morgan fingerprint density at radius 2 is 1.87 bits per heavy atom. The number of aryl methyl sites for hydroxylation is 1. The molecule has 146 valence electrons. The van der Waals surface area contributed by atoms with Crippen molar-refractivity contribution in [2.24, 2.45) is 4.99 Å². The monoisotopic (exact) mass is 473 g/mol. The normalized spacial score (nSPS) is 11.9. The summed E-state index contributed by atoms with van der Waals surface area (Å²) in [5.41, 5.74) is 5.35. The number of fused-ring (bicyclic) bond motifs is 1. The number of nitrogens with zero attached hydrogens (tertiary/aromatic N) is 3. The smallest absolute Gasteiger partial charge is 0.231 e. The average molecular weight is 474 g/mol. The number of benzene rings is 2. The first-order valence-corrected chi connectivity index (χ1v) is 11.1. The van der Waals surface area contributed by atoms with Gasteiger partial charge in [-0.2, -0.15) is 4.99 Å². The number of hydrogen-bond acceptors (Lipinski definition) is 5. The van der Waals surface area contributed by atoms with Crippen LogP contribution in [0.25, 0.3) is 32.8 Å². The molecular weight excluding hydrogens is 458 g/mol. The molecule has 0 saturated heterocycles. The molecule has 0 unspecified atom stereocenters. The van der Waals surface area contributed by atoms with Crippen LogP contribution in [0, 0.1) is 6.92 Å². The summed E-state index contributed by atoms with van der Waals surface area (Å²) < 4.78 is 7.17. The fraction of sp³-hybridized carbons (Fsp3) is 0.0417. The third-order valence-corrected chi connectivity index (χ3v) is 6.02. The van der Waals surface area contributed by atoms with E-state index < -0.39 is 0 Å². The van der Waals surface area contributed by atoms with Gasteiger partial charge >= 0.3 is 0 Å². The molecule has 5 aromatic rings. The summed E-state index contributed by atoms with van der Waals surface area (Å²) in [6.45, 7) is 2.08. The molecule has 0 bridgehead atoms. The van der Waals surface area contributed by atoms with Gasteiger partial charge < -0.3 is 4.42 Å². The minimum absolute atomic E-state index is 0.494. The second-order valence-electron chi connectivity index (χ2n) is 6.85. The standard InChI is InChI=1S/C24H16BrN3OS/c1-15-5-7-16(8-6-15)20-14-30-24(27-20)19-13-17-12-18(25)9-10-21(17)29-23(19)28-22-4-2-3-11-26-22/h2-14H,1H3/b28-23-. The van der Waals surface area contributed by atoms with Gasteiger partial charge in [0.1, 0.15) is 10.6 Å². The lowest BCUT2D eigenvalue weighted by molar-refractivity contribution is 0.546. The fourth-order valence-corrected chi connectivity index (χ4v) is 4.33. The van der Waals surface area contributed by atoms with Gasteiger partial charge in [-0.3, -0.25) is 0 Å². The Labute approximate surface area is 185 Å². The molecule has 0 saturated carbocycles. The minimum atomic E-state index is 0.494. The molecule has 2 aromatic carbocycles. The van der Waals surface area contributed by atoms with Gasteiger partial charge in [0.25, 0.3) is 0 Å². The van der Waals surface area contributed by atoms with Crippen molar-refractivity contribution in [3.63, 3.8) is 0 Å². The molecule has 0 radical (unpaired) electrons. The van der Waals surface area contributed by atoms with E-state index in [4.69, 9.17) is 9.40 Å². The van der Waals surface area contributed by atoms with Gasteiger partial charge in [-0.05, 0) is 43.3 Å². The molecule has 0 fully saturated rings.